The van der Waals surface area contributed by atoms with E-state index in [-0.39, 0.29) is 5.56 Å². The van der Waals surface area contributed by atoms with Crippen LogP contribution in [0.5, 0.6) is 0 Å². The van der Waals surface area contributed by atoms with E-state index in [1.54, 1.807) is 18.0 Å². The van der Waals surface area contributed by atoms with Gasteiger partial charge in [-0.15, -0.1) is 11.3 Å². The average Bonchev–Trinajstić information content (AvgIpc) is 3.07. The van der Waals surface area contributed by atoms with Crippen LogP contribution in [0.2, 0.25) is 0 Å². The Morgan fingerprint density at radius 3 is 3.19 bits per heavy atom. The zero-order valence-electron chi connectivity index (χ0n) is 12.5. The number of nitrogens with zero attached hydrogens (tertiary/aromatic N) is 3. The Balaban J connectivity index is 1.71. The third kappa shape index (κ3) is 3.02. The molecule has 6 heteroatoms. The second kappa shape index (κ2) is 6.25. The highest BCUT2D eigenvalue weighted by Crippen LogP contribution is 2.21. The molecule has 3 heterocycles. The maximum absolute atomic E-state index is 12.5. The molecule has 0 saturated carbocycles. The van der Waals surface area contributed by atoms with E-state index in [1.807, 2.05) is 12.3 Å². The van der Waals surface area contributed by atoms with E-state index in [1.165, 1.54) is 11.3 Å². The number of hydrogen-bond acceptors (Lipinski definition) is 5. The number of hydrogen-bond donors (Lipinski definition) is 0. The van der Waals surface area contributed by atoms with Crippen molar-refractivity contribution in [3.05, 3.63) is 27.6 Å². The Hall–Kier alpha value is -1.24. The number of ether oxygens (including phenoxy) is 1. The zero-order chi connectivity index (χ0) is 14.8. The maximum atomic E-state index is 12.5. The highest BCUT2D eigenvalue weighted by atomic mass is 32.1. The fourth-order valence-corrected chi connectivity index (χ4v) is 3.90. The number of thiophene rings is 1. The van der Waals surface area contributed by atoms with Crippen molar-refractivity contribution in [1.29, 1.82) is 0 Å². The lowest BCUT2D eigenvalue weighted by Gasteiger charge is -2.15. The molecule has 0 unspecified atom stereocenters. The Kier molecular flexibility index (Phi) is 4.37. The molecule has 0 radical (unpaired) electrons. The second-order valence-electron chi connectivity index (χ2n) is 5.75. The minimum absolute atomic E-state index is 0.105. The molecule has 1 aliphatic heterocycles. The van der Waals surface area contributed by atoms with E-state index in [4.69, 9.17) is 4.74 Å². The van der Waals surface area contributed by atoms with Crippen molar-refractivity contribution in [2.45, 2.75) is 19.9 Å². The summed E-state index contributed by atoms with van der Waals surface area (Å²) in [5, 5.41) is 2.01. The predicted molar refractivity (Wildman–Crippen MR) is 85.0 cm³/mol. The molecule has 0 N–H and O–H groups in total. The third-order valence-electron chi connectivity index (χ3n) is 4.16. The van der Waals surface area contributed by atoms with Crippen LogP contribution in [-0.2, 0) is 11.3 Å². The van der Waals surface area contributed by atoms with Crippen molar-refractivity contribution in [2.24, 2.45) is 5.92 Å². The van der Waals surface area contributed by atoms with Gasteiger partial charge < -0.3 is 9.64 Å². The molecule has 3 rings (SSSR count). The molecule has 1 aliphatic rings. The van der Waals surface area contributed by atoms with Crippen LogP contribution in [0.15, 0.2) is 16.5 Å². The van der Waals surface area contributed by atoms with Gasteiger partial charge in [-0.25, -0.2) is 4.98 Å². The zero-order valence-corrected chi connectivity index (χ0v) is 13.4. The van der Waals surface area contributed by atoms with Gasteiger partial charge in [-0.05, 0) is 36.8 Å². The molecule has 0 aromatic carbocycles. The largest absolute Gasteiger partial charge is 0.383 e. The summed E-state index contributed by atoms with van der Waals surface area (Å²) in [6.07, 6.45) is 2.85. The van der Waals surface area contributed by atoms with Gasteiger partial charge in [0, 0.05) is 26.7 Å². The fourth-order valence-electron chi connectivity index (χ4n) is 2.95. The molecule has 114 valence electrons. The highest BCUT2D eigenvalue weighted by Gasteiger charge is 2.23. The molecule has 21 heavy (non-hydrogen) atoms. The van der Waals surface area contributed by atoms with E-state index in [0.717, 1.165) is 55.0 Å². The summed E-state index contributed by atoms with van der Waals surface area (Å²) in [6, 6.07) is 0. The van der Waals surface area contributed by atoms with E-state index in [2.05, 4.69) is 9.88 Å². The van der Waals surface area contributed by atoms with Gasteiger partial charge in [-0.3, -0.25) is 9.36 Å². The average molecular weight is 307 g/mol. The van der Waals surface area contributed by atoms with Gasteiger partial charge >= 0.3 is 0 Å². The van der Waals surface area contributed by atoms with Crippen LogP contribution in [0.25, 0.3) is 10.2 Å². The first-order chi connectivity index (χ1) is 10.2. The van der Waals surface area contributed by atoms with Crippen LogP contribution in [0, 0.1) is 12.8 Å². The minimum Gasteiger partial charge on any atom is -0.383 e. The van der Waals surface area contributed by atoms with Crippen LogP contribution in [-0.4, -0.2) is 47.8 Å². The maximum Gasteiger partial charge on any atom is 0.271 e. The fraction of sp³-hybridized carbons (Fsp3) is 0.600. The Labute approximate surface area is 128 Å². The topological polar surface area (TPSA) is 47.4 Å². The molecule has 1 fully saturated rings. The van der Waals surface area contributed by atoms with Crippen LogP contribution < -0.4 is 5.56 Å². The smallest absolute Gasteiger partial charge is 0.271 e. The normalized spacial score (nSPS) is 19.6. The van der Waals surface area contributed by atoms with E-state index < -0.39 is 0 Å². The minimum atomic E-state index is 0.105. The van der Waals surface area contributed by atoms with Gasteiger partial charge in [-0.2, -0.15) is 0 Å². The summed E-state index contributed by atoms with van der Waals surface area (Å²) in [4.78, 5) is 19.3. The SMILES string of the molecule is COCCN1CC[C@H](Cn2cnc3c(C)csc3c2=O)C1. The molecular weight excluding hydrogens is 286 g/mol. The molecule has 0 aliphatic carbocycles. The van der Waals surface area contributed by atoms with Gasteiger partial charge in [0.2, 0.25) is 0 Å². The monoisotopic (exact) mass is 307 g/mol. The van der Waals surface area contributed by atoms with Gasteiger partial charge in [0.1, 0.15) is 4.70 Å². The first-order valence-electron chi connectivity index (χ1n) is 7.33. The lowest BCUT2D eigenvalue weighted by molar-refractivity contribution is 0.158. The lowest BCUT2D eigenvalue weighted by atomic mass is 10.1. The van der Waals surface area contributed by atoms with Crippen molar-refractivity contribution in [3.8, 4) is 0 Å². The van der Waals surface area contributed by atoms with Gasteiger partial charge in [-0.1, -0.05) is 0 Å². The number of likely N-dealkylation sites (tertiary alicyclic amines) is 1. The number of rotatable bonds is 5. The second-order valence-corrected chi connectivity index (χ2v) is 6.63. The third-order valence-corrected chi connectivity index (χ3v) is 5.24. The summed E-state index contributed by atoms with van der Waals surface area (Å²) < 4.78 is 7.68. The quantitative estimate of drug-likeness (QED) is 0.844. The number of aromatic nitrogens is 2. The molecule has 0 bridgehead atoms. The Bertz CT molecular complexity index is 679. The highest BCUT2D eigenvalue weighted by molar-refractivity contribution is 7.17. The van der Waals surface area contributed by atoms with Crippen molar-refractivity contribution in [1.82, 2.24) is 14.5 Å². The molecule has 0 amide bonds. The van der Waals surface area contributed by atoms with Gasteiger partial charge in [0.05, 0.1) is 18.5 Å². The Morgan fingerprint density at radius 1 is 1.52 bits per heavy atom. The number of fused-ring (bicyclic) bond motifs is 1. The molecule has 1 saturated heterocycles. The molecule has 2 aromatic heterocycles. The standard InChI is InChI=1S/C15H21N3O2S/c1-11-9-21-14-13(11)16-10-18(15(14)19)8-12-3-4-17(7-12)5-6-20-2/h9-10,12H,3-8H2,1-2H3/t12-/m0/s1. The van der Waals surface area contributed by atoms with Crippen LogP contribution >= 0.6 is 11.3 Å². The molecule has 2 aromatic rings. The first-order valence-corrected chi connectivity index (χ1v) is 8.21. The summed E-state index contributed by atoms with van der Waals surface area (Å²) >= 11 is 1.50. The summed E-state index contributed by atoms with van der Waals surface area (Å²) in [5.41, 5.74) is 2.05. The van der Waals surface area contributed by atoms with E-state index in [0.29, 0.717) is 5.92 Å². The Morgan fingerprint density at radius 2 is 2.38 bits per heavy atom. The predicted octanol–water partition coefficient (Wildman–Crippen LogP) is 1.73. The van der Waals surface area contributed by atoms with Crippen LogP contribution in [0.3, 0.4) is 0 Å². The molecule has 0 spiro atoms. The summed E-state index contributed by atoms with van der Waals surface area (Å²) in [7, 11) is 1.73. The number of methoxy groups -OCH3 is 1. The van der Waals surface area contributed by atoms with Gasteiger partial charge in [0.15, 0.2) is 0 Å². The van der Waals surface area contributed by atoms with Crippen LogP contribution in [0.4, 0.5) is 0 Å². The lowest BCUT2D eigenvalue weighted by Crippen LogP contribution is -2.28. The molecule has 5 nitrogen and oxygen atoms in total. The molecule has 1 atom stereocenters. The van der Waals surface area contributed by atoms with Crippen molar-refractivity contribution >= 4 is 21.6 Å². The first kappa shape index (κ1) is 14.7. The van der Waals surface area contributed by atoms with E-state index in [9.17, 15) is 4.79 Å². The van der Waals surface area contributed by atoms with E-state index >= 15 is 0 Å². The number of aryl methyl sites for hydroxylation is 1. The summed E-state index contributed by atoms with van der Waals surface area (Å²) in [6.45, 7) is 6.65. The molecular formula is C15H21N3O2S. The van der Waals surface area contributed by atoms with Crippen LogP contribution in [0.1, 0.15) is 12.0 Å². The van der Waals surface area contributed by atoms with Crippen molar-refractivity contribution in [2.75, 3.05) is 33.4 Å². The van der Waals surface area contributed by atoms with Gasteiger partial charge in [0.25, 0.3) is 5.56 Å². The van der Waals surface area contributed by atoms with Crippen molar-refractivity contribution < 1.29 is 4.74 Å². The van der Waals surface area contributed by atoms with Crippen molar-refractivity contribution in [3.63, 3.8) is 0 Å². The summed E-state index contributed by atoms with van der Waals surface area (Å²) in [5.74, 6) is 0.528.